The van der Waals surface area contributed by atoms with Crippen LogP contribution < -0.4 is 0 Å². The molecule has 4 nitrogen and oxygen atoms in total. The van der Waals surface area contributed by atoms with Gasteiger partial charge >= 0.3 is 5.97 Å². The maximum Gasteiger partial charge on any atom is 0.330 e. The predicted molar refractivity (Wildman–Crippen MR) is 68.8 cm³/mol. The first kappa shape index (κ1) is 14.7. The fourth-order valence-corrected chi connectivity index (χ4v) is 1.59. The lowest BCUT2D eigenvalue weighted by Gasteiger charge is -2.11. The van der Waals surface area contributed by atoms with Gasteiger partial charge in [-0.3, -0.25) is 0 Å². The van der Waals surface area contributed by atoms with Crippen LogP contribution in [0.3, 0.4) is 0 Å². The van der Waals surface area contributed by atoms with Crippen LogP contribution in [0.4, 0.5) is 0 Å². The summed E-state index contributed by atoms with van der Waals surface area (Å²) in [5, 5.41) is 19.0. The number of allylic oxidation sites excluding steroid dienone is 1. The summed E-state index contributed by atoms with van der Waals surface area (Å²) in [5.41, 5.74) is 0. The van der Waals surface area contributed by atoms with Crippen molar-refractivity contribution in [3.63, 3.8) is 0 Å². The van der Waals surface area contributed by atoms with Crippen LogP contribution in [0.1, 0.15) is 26.2 Å². The van der Waals surface area contributed by atoms with Gasteiger partial charge in [-0.15, -0.1) is 0 Å². The maximum atomic E-state index is 11.4. The number of carbonyl (C=O) groups is 1. The lowest BCUT2D eigenvalue weighted by atomic mass is 10.1. The van der Waals surface area contributed by atoms with Crippen molar-refractivity contribution in [1.29, 1.82) is 0 Å². The molecule has 0 bridgehead atoms. The second-order valence-electron chi connectivity index (χ2n) is 4.33. The van der Waals surface area contributed by atoms with Crippen molar-refractivity contribution in [3.05, 3.63) is 36.5 Å². The highest BCUT2D eigenvalue weighted by atomic mass is 16.5. The van der Waals surface area contributed by atoms with Gasteiger partial charge in [0.1, 0.15) is 0 Å². The standard InChI is InChI=1S/C14H20O4/c1-11-5-3-2-4-6-12(15)7-8-13(16)9-10-14(17)18-11/h4,6-13,15-16H,2-3,5H2,1H3/b6-4-,8-7-,10-9+/t11-,12-,13-/m0/s1. The molecule has 0 aromatic carbocycles. The molecule has 0 saturated carbocycles. The van der Waals surface area contributed by atoms with Crippen molar-refractivity contribution < 1.29 is 19.7 Å². The van der Waals surface area contributed by atoms with Crippen molar-refractivity contribution in [2.24, 2.45) is 0 Å². The molecule has 100 valence electrons. The Balaban J connectivity index is 2.69. The molecule has 1 aliphatic heterocycles. The number of cyclic esters (lactones) is 1. The summed E-state index contributed by atoms with van der Waals surface area (Å²) in [6.45, 7) is 1.84. The number of esters is 1. The van der Waals surface area contributed by atoms with Crippen molar-refractivity contribution in [1.82, 2.24) is 0 Å². The topological polar surface area (TPSA) is 66.8 Å². The van der Waals surface area contributed by atoms with E-state index < -0.39 is 18.2 Å². The second-order valence-corrected chi connectivity index (χ2v) is 4.33. The van der Waals surface area contributed by atoms with Crippen LogP contribution in [-0.4, -0.2) is 34.5 Å². The van der Waals surface area contributed by atoms with Gasteiger partial charge in [0.05, 0.1) is 18.3 Å². The van der Waals surface area contributed by atoms with E-state index in [-0.39, 0.29) is 6.10 Å². The summed E-state index contributed by atoms with van der Waals surface area (Å²) in [5.74, 6) is -0.455. The van der Waals surface area contributed by atoms with E-state index in [0.29, 0.717) is 0 Å². The molecule has 1 heterocycles. The monoisotopic (exact) mass is 252 g/mol. The van der Waals surface area contributed by atoms with Crippen molar-refractivity contribution in [2.45, 2.75) is 44.5 Å². The number of ether oxygens (including phenoxy) is 1. The van der Waals surface area contributed by atoms with E-state index in [9.17, 15) is 15.0 Å². The lowest BCUT2D eigenvalue weighted by molar-refractivity contribution is -0.142. The summed E-state index contributed by atoms with van der Waals surface area (Å²) < 4.78 is 5.13. The number of hydrogen-bond donors (Lipinski definition) is 2. The molecule has 0 aromatic heterocycles. The maximum absolute atomic E-state index is 11.4. The van der Waals surface area contributed by atoms with Crippen LogP contribution in [0.15, 0.2) is 36.5 Å². The minimum Gasteiger partial charge on any atom is -0.460 e. The Bertz CT molecular complexity index is 344. The SMILES string of the molecule is C[C@H]1CCC/C=C\[C@H](O)/C=C\[C@H](O)/C=C/C(=O)O1. The molecule has 0 amide bonds. The fraction of sp³-hybridized carbons (Fsp3) is 0.500. The van der Waals surface area contributed by atoms with Crippen LogP contribution in [0.25, 0.3) is 0 Å². The number of rotatable bonds is 0. The van der Waals surface area contributed by atoms with Gasteiger partial charge < -0.3 is 14.9 Å². The Morgan fingerprint density at radius 1 is 1.17 bits per heavy atom. The molecular formula is C14H20O4. The third-order valence-corrected chi connectivity index (χ3v) is 2.57. The number of hydrogen-bond acceptors (Lipinski definition) is 4. The van der Waals surface area contributed by atoms with Gasteiger partial charge in [0.25, 0.3) is 0 Å². The molecule has 1 rings (SSSR count). The second kappa shape index (κ2) is 7.84. The summed E-state index contributed by atoms with van der Waals surface area (Å²) >= 11 is 0. The van der Waals surface area contributed by atoms with Crippen LogP contribution in [0, 0.1) is 0 Å². The zero-order chi connectivity index (χ0) is 13.4. The van der Waals surface area contributed by atoms with E-state index in [0.717, 1.165) is 19.3 Å². The molecule has 0 radical (unpaired) electrons. The molecule has 0 aromatic rings. The minimum absolute atomic E-state index is 0.143. The van der Waals surface area contributed by atoms with E-state index >= 15 is 0 Å². The molecule has 0 spiro atoms. The quantitative estimate of drug-likeness (QED) is 0.506. The number of carbonyl (C=O) groups excluding carboxylic acids is 1. The van der Waals surface area contributed by atoms with Gasteiger partial charge in [0.2, 0.25) is 0 Å². The Kier molecular flexibility index (Phi) is 6.39. The first-order chi connectivity index (χ1) is 8.58. The Hall–Kier alpha value is -1.39. The average Bonchev–Trinajstić information content (AvgIpc) is 2.32. The molecule has 0 unspecified atom stereocenters. The zero-order valence-corrected chi connectivity index (χ0v) is 10.5. The Morgan fingerprint density at radius 2 is 1.83 bits per heavy atom. The van der Waals surface area contributed by atoms with Gasteiger partial charge in [-0.05, 0) is 32.3 Å². The molecule has 18 heavy (non-hydrogen) atoms. The van der Waals surface area contributed by atoms with E-state index in [1.54, 1.807) is 6.08 Å². The average molecular weight is 252 g/mol. The normalized spacial score (nSPS) is 36.2. The van der Waals surface area contributed by atoms with Gasteiger partial charge in [-0.25, -0.2) is 4.79 Å². The van der Waals surface area contributed by atoms with Crippen molar-refractivity contribution >= 4 is 5.97 Å². The van der Waals surface area contributed by atoms with Crippen LogP contribution >= 0.6 is 0 Å². The number of aliphatic hydroxyl groups excluding tert-OH is 2. The van der Waals surface area contributed by atoms with Crippen LogP contribution in [-0.2, 0) is 9.53 Å². The van der Waals surface area contributed by atoms with Crippen molar-refractivity contribution in [3.8, 4) is 0 Å². The third-order valence-electron chi connectivity index (χ3n) is 2.57. The van der Waals surface area contributed by atoms with Crippen LogP contribution in [0.5, 0.6) is 0 Å². The van der Waals surface area contributed by atoms with E-state index in [2.05, 4.69) is 0 Å². The summed E-state index contributed by atoms with van der Waals surface area (Å²) in [6.07, 6.45) is 9.74. The third kappa shape index (κ3) is 6.37. The number of aliphatic hydroxyl groups is 2. The van der Waals surface area contributed by atoms with E-state index in [1.807, 2.05) is 13.0 Å². The van der Waals surface area contributed by atoms with Gasteiger partial charge in [-0.2, -0.15) is 0 Å². The highest BCUT2D eigenvalue weighted by Gasteiger charge is 2.07. The molecule has 0 fully saturated rings. The minimum atomic E-state index is -0.904. The predicted octanol–water partition coefficient (Wildman–Crippen LogP) is 1.49. The van der Waals surface area contributed by atoms with Crippen molar-refractivity contribution in [2.75, 3.05) is 0 Å². The summed E-state index contributed by atoms with van der Waals surface area (Å²) in [4.78, 5) is 11.4. The van der Waals surface area contributed by atoms with Crippen LogP contribution in [0.2, 0.25) is 0 Å². The highest BCUT2D eigenvalue weighted by molar-refractivity contribution is 5.82. The molecule has 2 N–H and O–H groups in total. The molecule has 4 heteroatoms. The van der Waals surface area contributed by atoms with E-state index in [4.69, 9.17) is 4.74 Å². The molecule has 1 aliphatic rings. The fourth-order valence-electron chi connectivity index (χ4n) is 1.59. The van der Waals surface area contributed by atoms with E-state index in [1.165, 1.54) is 24.3 Å². The summed E-state index contributed by atoms with van der Waals surface area (Å²) in [6, 6.07) is 0. The van der Waals surface area contributed by atoms with Gasteiger partial charge in [-0.1, -0.05) is 24.3 Å². The first-order valence-corrected chi connectivity index (χ1v) is 6.18. The molecule has 0 saturated heterocycles. The molecule has 3 atom stereocenters. The molecular weight excluding hydrogens is 232 g/mol. The largest absolute Gasteiger partial charge is 0.460 e. The zero-order valence-electron chi connectivity index (χ0n) is 10.5. The smallest absolute Gasteiger partial charge is 0.330 e. The van der Waals surface area contributed by atoms with Gasteiger partial charge in [0, 0.05) is 6.08 Å². The summed E-state index contributed by atoms with van der Waals surface area (Å²) in [7, 11) is 0. The Labute approximate surface area is 107 Å². The Morgan fingerprint density at radius 3 is 2.56 bits per heavy atom. The first-order valence-electron chi connectivity index (χ1n) is 6.18. The van der Waals surface area contributed by atoms with Gasteiger partial charge in [0.15, 0.2) is 0 Å². The molecule has 0 aliphatic carbocycles. The lowest BCUT2D eigenvalue weighted by Crippen LogP contribution is -2.13. The highest BCUT2D eigenvalue weighted by Crippen LogP contribution is 2.07.